The Bertz CT molecular complexity index is 216. The van der Waals surface area contributed by atoms with Crippen molar-refractivity contribution in [3.63, 3.8) is 0 Å². The molecule has 1 heterocycles. The van der Waals surface area contributed by atoms with Crippen molar-refractivity contribution < 1.29 is 0 Å². The monoisotopic (exact) mass is 165 g/mol. The average Bonchev–Trinajstić information content (AvgIpc) is 2.45. The highest BCUT2D eigenvalue weighted by Crippen LogP contribution is 2.20. The minimum Gasteiger partial charge on any atom is -0.368 e. The lowest BCUT2D eigenvalue weighted by atomic mass is 10.1. The van der Waals surface area contributed by atoms with E-state index in [0.717, 1.165) is 13.0 Å². The molecular formula is C9H15N3. The molecule has 0 saturated carbocycles. The lowest BCUT2D eigenvalue weighted by Crippen LogP contribution is -2.48. The second kappa shape index (κ2) is 3.48. The van der Waals surface area contributed by atoms with Crippen LogP contribution in [0.2, 0.25) is 0 Å². The highest BCUT2D eigenvalue weighted by molar-refractivity contribution is 5.02. The molecule has 12 heavy (non-hydrogen) atoms. The van der Waals surface area contributed by atoms with Gasteiger partial charge in [0.1, 0.15) is 5.66 Å². The summed E-state index contributed by atoms with van der Waals surface area (Å²) in [5.41, 5.74) is 0.0247. The Kier molecular flexibility index (Phi) is 2.59. The molecular weight excluding hydrogens is 150 g/mol. The largest absolute Gasteiger partial charge is 0.368 e. The van der Waals surface area contributed by atoms with Gasteiger partial charge < -0.3 is 10.2 Å². The van der Waals surface area contributed by atoms with Gasteiger partial charge in [-0.1, -0.05) is 6.92 Å². The fraction of sp³-hybridized carbons (Fsp3) is 0.667. The van der Waals surface area contributed by atoms with E-state index < -0.39 is 0 Å². The minimum atomic E-state index is 0.0247. The third-order valence-electron chi connectivity index (χ3n) is 2.44. The van der Waals surface area contributed by atoms with Crippen LogP contribution >= 0.6 is 0 Å². The van der Waals surface area contributed by atoms with Crippen LogP contribution in [0.5, 0.6) is 0 Å². The molecule has 0 fully saturated rings. The third kappa shape index (κ3) is 1.53. The van der Waals surface area contributed by atoms with E-state index in [1.165, 1.54) is 0 Å². The second-order valence-electron chi connectivity index (χ2n) is 3.19. The first kappa shape index (κ1) is 8.92. The molecule has 66 valence electrons. The summed E-state index contributed by atoms with van der Waals surface area (Å²) in [5, 5.41) is 11.7. The van der Waals surface area contributed by atoms with E-state index >= 15 is 0 Å². The first-order valence-electron chi connectivity index (χ1n) is 4.31. The molecule has 0 amide bonds. The molecule has 3 heteroatoms. The molecule has 1 rings (SSSR count). The van der Waals surface area contributed by atoms with Crippen LogP contribution in [0.1, 0.15) is 26.7 Å². The fourth-order valence-electron chi connectivity index (χ4n) is 1.35. The number of rotatable bonds is 3. The quantitative estimate of drug-likeness (QED) is 0.687. The van der Waals surface area contributed by atoms with Crippen molar-refractivity contribution in [3.05, 3.63) is 12.4 Å². The maximum absolute atomic E-state index is 8.45. The Balaban J connectivity index is 2.52. The van der Waals surface area contributed by atoms with Crippen LogP contribution in [-0.4, -0.2) is 17.1 Å². The number of hydrogen-bond donors (Lipinski definition) is 1. The zero-order valence-corrected chi connectivity index (χ0v) is 7.67. The van der Waals surface area contributed by atoms with Gasteiger partial charge in [-0.15, -0.1) is 0 Å². The van der Waals surface area contributed by atoms with Crippen molar-refractivity contribution >= 4 is 0 Å². The molecule has 1 aliphatic heterocycles. The summed E-state index contributed by atoms with van der Waals surface area (Å²) in [6.07, 6.45) is 5.58. The Morgan fingerprint density at radius 3 is 3.00 bits per heavy atom. The van der Waals surface area contributed by atoms with E-state index in [0.29, 0.717) is 6.42 Å². The van der Waals surface area contributed by atoms with Crippen LogP contribution in [0.4, 0.5) is 0 Å². The molecule has 1 atom stereocenters. The van der Waals surface area contributed by atoms with Gasteiger partial charge >= 0.3 is 0 Å². The molecule has 0 aromatic carbocycles. The predicted molar refractivity (Wildman–Crippen MR) is 47.9 cm³/mol. The molecule has 0 saturated heterocycles. The minimum absolute atomic E-state index is 0.0247. The van der Waals surface area contributed by atoms with Crippen molar-refractivity contribution in [3.8, 4) is 6.07 Å². The molecule has 0 aromatic rings. The Labute approximate surface area is 73.7 Å². The van der Waals surface area contributed by atoms with Gasteiger partial charge in [0.25, 0.3) is 0 Å². The SMILES string of the molecule is CCC1(C)NC=CN1CCC#N. The van der Waals surface area contributed by atoms with Crippen LogP contribution in [-0.2, 0) is 0 Å². The number of nitrogens with one attached hydrogen (secondary N) is 1. The lowest BCUT2D eigenvalue weighted by Gasteiger charge is -2.35. The summed E-state index contributed by atoms with van der Waals surface area (Å²) in [5.74, 6) is 0. The Hall–Kier alpha value is -1.17. The second-order valence-corrected chi connectivity index (χ2v) is 3.19. The fourth-order valence-corrected chi connectivity index (χ4v) is 1.35. The zero-order valence-electron chi connectivity index (χ0n) is 7.67. The van der Waals surface area contributed by atoms with Gasteiger partial charge in [-0.2, -0.15) is 5.26 Å². The number of hydrogen-bond acceptors (Lipinski definition) is 3. The van der Waals surface area contributed by atoms with E-state index in [2.05, 4.69) is 30.1 Å². The first-order valence-corrected chi connectivity index (χ1v) is 4.31. The summed E-state index contributed by atoms with van der Waals surface area (Å²) < 4.78 is 0. The van der Waals surface area contributed by atoms with Crippen LogP contribution < -0.4 is 5.32 Å². The number of nitriles is 1. The predicted octanol–water partition coefficient (Wildman–Crippen LogP) is 1.40. The standard InChI is InChI=1S/C9H15N3/c1-3-9(2)11-6-8-12(9)7-4-5-10/h6,8,11H,3-4,7H2,1-2H3. The maximum Gasteiger partial charge on any atom is 0.106 e. The van der Waals surface area contributed by atoms with Crippen molar-refractivity contribution in [2.24, 2.45) is 0 Å². The summed E-state index contributed by atoms with van der Waals surface area (Å²) in [4.78, 5) is 2.18. The topological polar surface area (TPSA) is 39.1 Å². The average molecular weight is 165 g/mol. The van der Waals surface area contributed by atoms with E-state index in [-0.39, 0.29) is 5.66 Å². The Morgan fingerprint density at radius 2 is 2.42 bits per heavy atom. The van der Waals surface area contributed by atoms with Gasteiger partial charge in [-0.25, -0.2) is 0 Å². The van der Waals surface area contributed by atoms with Gasteiger partial charge in [0.2, 0.25) is 0 Å². The maximum atomic E-state index is 8.45. The van der Waals surface area contributed by atoms with Gasteiger partial charge in [0, 0.05) is 18.9 Å². The van der Waals surface area contributed by atoms with Crippen LogP contribution in [0.3, 0.4) is 0 Å². The highest BCUT2D eigenvalue weighted by Gasteiger charge is 2.29. The Morgan fingerprint density at radius 1 is 1.67 bits per heavy atom. The third-order valence-corrected chi connectivity index (χ3v) is 2.44. The van der Waals surface area contributed by atoms with E-state index in [1.54, 1.807) is 0 Å². The van der Waals surface area contributed by atoms with Crippen LogP contribution in [0.25, 0.3) is 0 Å². The van der Waals surface area contributed by atoms with E-state index in [4.69, 9.17) is 5.26 Å². The van der Waals surface area contributed by atoms with E-state index in [9.17, 15) is 0 Å². The smallest absolute Gasteiger partial charge is 0.106 e. The lowest BCUT2D eigenvalue weighted by molar-refractivity contribution is 0.160. The molecule has 1 aliphatic rings. The molecule has 0 radical (unpaired) electrons. The summed E-state index contributed by atoms with van der Waals surface area (Å²) in [6.45, 7) is 5.09. The summed E-state index contributed by atoms with van der Waals surface area (Å²) in [6, 6.07) is 2.15. The normalized spacial score (nSPS) is 26.9. The van der Waals surface area contributed by atoms with Gasteiger partial charge in [0.05, 0.1) is 12.5 Å². The molecule has 0 aromatic heterocycles. The zero-order chi connectivity index (χ0) is 9.03. The molecule has 0 spiro atoms. The molecule has 0 aliphatic carbocycles. The van der Waals surface area contributed by atoms with E-state index in [1.807, 2.05) is 12.4 Å². The first-order chi connectivity index (χ1) is 5.73. The van der Waals surface area contributed by atoms with Gasteiger partial charge in [0.15, 0.2) is 0 Å². The highest BCUT2D eigenvalue weighted by atomic mass is 15.3. The van der Waals surface area contributed by atoms with Crippen LogP contribution in [0, 0.1) is 11.3 Å². The van der Waals surface area contributed by atoms with Crippen molar-refractivity contribution in [2.75, 3.05) is 6.54 Å². The number of nitrogens with zero attached hydrogens (tertiary/aromatic N) is 2. The van der Waals surface area contributed by atoms with Crippen molar-refractivity contribution in [2.45, 2.75) is 32.4 Å². The molecule has 1 unspecified atom stereocenters. The van der Waals surface area contributed by atoms with Crippen LogP contribution in [0.15, 0.2) is 12.4 Å². The molecule has 0 bridgehead atoms. The summed E-state index contributed by atoms with van der Waals surface area (Å²) >= 11 is 0. The van der Waals surface area contributed by atoms with Gasteiger partial charge in [-0.3, -0.25) is 0 Å². The summed E-state index contributed by atoms with van der Waals surface area (Å²) in [7, 11) is 0. The van der Waals surface area contributed by atoms with Crippen molar-refractivity contribution in [1.29, 1.82) is 5.26 Å². The molecule has 3 nitrogen and oxygen atoms in total. The van der Waals surface area contributed by atoms with Gasteiger partial charge in [-0.05, 0) is 13.3 Å². The van der Waals surface area contributed by atoms with Crippen molar-refractivity contribution in [1.82, 2.24) is 10.2 Å². The molecule has 1 N–H and O–H groups in total.